The molecule has 0 saturated heterocycles. The SMILES string of the molecule is ClC1=CCN(c2ccccn2)C=C1.ClC1=CCN(c2ccccn2)C=C1. The molecule has 4 nitrogen and oxygen atoms in total. The van der Waals surface area contributed by atoms with Crippen molar-refractivity contribution in [1.29, 1.82) is 0 Å². The molecule has 2 aromatic heterocycles. The summed E-state index contributed by atoms with van der Waals surface area (Å²) in [5.41, 5.74) is 0. The Morgan fingerprint density at radius 2 is 1.15 bits per heavy atom. The minimum absolute atomic E-state index is 0.784. The lowest BCUT2D eigenvalue weighted by atomic mass is 10.3. The lowest BCUT2D eigenvalue weighted by molar-refractivity contribution is 1.03. The molecule has 0 fully saturated rings. The van der Waals surface area contributed by atoms with Crippen molar-refractivity contribution in [3.63, 3.8) is 0 Å². The molecule has 6 heteroatoms. The van der Waals surface area contributed by atoms with Crippen LogP contribution in [0.3, 0.4) is 0 Å². The number of anilines is 2. The van der Waals surface area contributed by atoms with Crippen LogP contribution in [0.25, 0.3) is 0 Å². The van der Waals surface area contributed by atoms with Gasteiger partial charge in [-0.25, -0.2) is 9.97 Å². The highest BCUT2D eigenvalue weighted by molar-refractivity contribution is 6.31. The van der Waals surface area contributed by atoms with Crippen LogP contribution in [0.5, 0.6) is 0 Å². The number of halogens is 2. The van der Waals surface area contributed by atoms with E-state index in [1.807, 2.05) is 82.9 Å². The zero-order valence-electron chi connectivity index (χ0n) is 14.0. The maximum Gasteiger partial charge on any atom is 0.132 e. The molecule has 0 amide bonds. The standard InChI is InChI=1S/2C10H9ClN2/c2*11-9-4-7-13(8-5-9)10-3-1-2-6-12-10/h2*1-7H,8H2. The van der Waals surface area contributed by atoms with Crippen molar-refractivity contribution < 1.29 is 0 Å². The summed E-state index contributed by atoms with van der Waals surface area (Å²) in [6, 6.07) is 11.7. The fourth-order valence-corrected chi connectivity index (χ4v) is 2.59. The summed E-state index contributed by atoms with van der Waals surface area (Å²) in [4.78, 5) is 12.5. The van der Waals surface area contributed by atoms with Crippen LogP contribution in [-0.4, -0.2) is 23.1 Å². The molecule has 0 radical (unpaired) electrons. The van der Waals surface area contributed by atoms with Gasteiger partial charge in [0.05, 0.1) is 0 Å². The first-order valence-electron chi connectivity index (χ1n) is 8.15. The Kier molecular flexibility index (Phi) is 6.47. The first kappa shape index (κ1) is 18.2. The number of aromatic nitrogens is 2. The van der Waals surface area contributed by atoms with E-state index in [4.69, 9.17) is 23.2 Å². The Labute approximate surface area is 163 Å². The Hall–Kier alpha value is -2.56. The predicted molar refractivity (Wildman–Crippen MR) is 109 cm³/mol. The predicted octanol–water partition coefficient (Wildman–Crippen LogP) is 5.08. The second-order valence-electron chi connectivity index (χ2n) is 5.49. The number of hydrogen-bond acceptors (Lipinski definition) is 4. The van der Waals surface area contributed by atoms with Crippen LogP contribution >= 0.6 is 23.2 Å². The topological polar surface area (TPSA) is 32.3 Å². The van der Waals surface area contributed by atoms with Crippen LogP contribution in [0, 0.1) is 0 Å². The molecule has 0 saturated carbocycles. The van der Waals surface area contributed by atoms with Crippen LogP contribution < -0.4 is 9.80 Å². The first-order chi connectivity index (χ1) is 12.7. The van der Waals surface area contributed by atoms with E-state index in [1.54, 1.807) is 12.4 Å². The molecule has 132 valence electrons. The van der Waals surface area contributed by atoms with Gasteiger partial charge in [0.25, 0.3) is 0 Å². The maximum atomic E-state index is 5.80. The average Bonchev–Trinajstić information content (AvgIpc) is 2.71. The fraction of sp³-hybridized carbons (Fsp3) is 0.100. The molecule has 4 rings (SSSR count). The Morgan fingerprint density at radius 1 is 0.692 bits per heavy atom. The zero-order valence-corrected chi connectivity index (χ0v) is 15.6. The summed E-state index contributed by atoms with van der Waals surface area (Å²) < 4.78 is 0. The molecule has 4 heterocycles. The van der Waals surface area contributed by atoms with Crippen LogP contribution in [0.1, 0.15) is 0 Å². The Morgan fingerprint density at radius 3 is 1.46 bits per heavy atom. The summed E-state index contributed by atoms with van der Waals surface area (Å²) in [6.07, 6.45) is 15.1. The van der Waals surface area contributed by atoms with Crippen molar-refractivity contribution in [3.8, 4) is 0 Å². The molecule has 0 unspecified atom stereocenters. The van der Waals surface area contributed by atoms with Gasteiger partial charge >= 0.3 is 0 Å². The van der Waals surface area contributed by atoms with E-state index in [0.717, 1.165) is 34.8 Å². The molecular formula is C20H18Cl2N4. The third-order valence-corrected chi connectivity index (χ3v) is 4.24. The summed E-state index contributed by atoms with van der Waals surface area (Å²) in [7, 11) is 0. The van der Waals surface area contributed by atoms with Gasteiger partial charge < -0.3 is 9.80 Å². The lowest BCUT2D eigenvalue weighted by Gasteiger charge is -2.19. The molecule has 0 N–H and O–H groups in total. The van der Waals surface area contributed by atoms with E-state index in [0.29, 0.717) is 0 Å². The highest BCUT2D eigenvalue weighted by Crippen LogP contribution is 2.17. The van der Waals surface area contributed by atoms with Crippen molar-refractivity contribution in [1.82, 2.24) is 9.97 Å². The number of hydrogen-bond donors (Lipinski definition) is 0. The second-order valence-corrected chi connectivity index (χ2v) is 6.36. The largest absolute Gasteiger partial charge is 0.329 e. The highest BCUT2D eigenvalue weighted by Gasteiger charge is 2.06. The Bertz CT molecular complexity index is 758. The molecule has 2 aliphatic rings. The van der Waals surface area contributed by atoms with E-state index in [9.17, 15) is 0 Å². The molecule has 26 heavy (non-hydrogen) atoms. The van der Waals surface area contributed by atoms with Gasteiger partial charge in [0, 0.05) is 47.9 Å². The minimum Gasteiger partial charge on any atom is -0.329 e. The van der Waals surface area contributed by atoms with Gasteiger partial charge in [-0.1, -0.05) is 35.3 Å². The van der Waals surface area contributed by atoms with Gasteiger partial charge in [-0.3, -0.25) is 0 Å². The van der Waals surface area contributed by atoms with Gasteiger partial charge in [-0.2, -0.15) is 0 Å². The first-order valence-corrected chi connectivity index (χ1v) is 8.91. The van der Waals surface area contributed by atoms with Crippen molar-refractivity contribution in [3.05, 3.63) is 95.6 Å². The number of pyridine rings is 2. The normalized spacial score (nSPS) is 15.8. The van der Waals surface area contributed by atoms with Crippen molar-refractivity contribution >= 4 is 34.8 Å². The smallest absolute Gasteiger partial charge is 0.132 e. The minimum atomic E-state index is 0.784. The number of nitrogens with zero attached hydrogens (tertiary/aromatic N) is 4. The lowest BCUT2D eigenvalue weighted by Crippen LogP contribution is -2.18. The van der Waals surface area contributed by atoms with Gasteiger partial charge in [-0.05, 0) is 48.6 Å². The van der Waals surface area contributed by atoms with Gasteiger partial charge in [0.15, 0.2) is 0 Å². The van der Waals surface area contributed by atoms with Gasteiger partial charge in [-0.15, -0.1) is 0 Å². The Balaban J connectivity index is 0.000000151. The zero-order chi connectivity index (χ0) is 18.2. The average molecular weight is 385 g/mol. The summed E-state index contributed by atoms with van der Waals surface area (Å²) in [5, 5.41) is 1.57. The molecule has 0 atom stereocenters. The van der Waals surface area contributed by atoms with Crippen LogP contribution in [0.15, 0.2) is 95.6 Å². The third kappa shape index (κ3) is 5.22. The number of allylic oxidation sites excluding steroid dienone is 4. The van der Waals surface area contributed by atoms with Crippen molar-refractivity contribution in [2.45, 2.75) is 0 Å². The third-order valence-electron chi connectivity index (χ3n) is 3.68. The molecule has 0 aliphatic carbocycles. The maximum absolute atomic E-state index is 5.80. The fourth-order valence-electron chi connectivity index (χ4n) is 2.34. The summed E-state index contributed by atoms with van der Waals surface area (Å²) in [5.74, 6) is 1.89. The summed E-state index contributed by atoms with van der Waals surface area (Å²) in [6.45, 7) is 1.57. The molecule has 2 aliphatic heterocycles. The molecule has 2 aromatic rings. The quantitative estimate of drug-likeness (QED) is 0.722. The molecule has 0 aromatic carbocycles. The van der Waals surface area contributed by atoms with E-state index < -0.39 is 0 Å². The second kappa shape index (κ2) is 9.22. The van der Waals surface area contributed by atoms with Crippen molar-refractivity contribution in [2.24, 2.45) is 0 Å². The molecular weight excluding hydrogens is 367 g/mol. The molecule has 0 spiro atoms. The number of rotatable bonds is 2. The monoisotopic (exact) mass is 384 g/mol. The van der Waals surface area contributed by atoms with E-state index >= 15 is 0 Å². The van der Waals surface area contributed by atoms with E-state index in [-0.39, 0.29) is 0 Å². The van der Waals surface area contributed by atoms with Crippen LogP contribution in [-0.2, 0) is 0 Å². The van der Waals surface area contributed by atoms with Crippen LogP contribution in [0.2, 0.25) is 0 Å². The molecule has 0 bridgehead atoms. The van der Waals surface area contributed by atoms with E-state index in [2.05, 4.69) is 9.97 Å². The van der Waals surface area contributed by atoms with Gasteiger partial charge in [0.1, 0.15) is 11.6 Å². The van der Waals surface area contributed by atoms with Crippen LogP contribution in [0.4, 0.5) is 11.6 Å². The summed E-state index contributed by atoms with van der Waals surface area (Å²) >= 11 is 11.6. The van der Waals surface area contributed by atoms with Gasteiger partial charge in [0.2, 0.25) is 0 Å². The van der Waals surface area contributed by atoms with Crippen molar-refractivity contribution in [2.75, 3.05) is 22.9 Å². The van der Waals surface area contributed by atoms with E-state index in [1.165, 1.54) is 0 Å². The highest BCUT2D eigenvalue weighted by atomic mass is 35.5.